The molecule has 0 saturated carbocycles. The molecule has 0 amide bonds. The third kappa shape index (κ3) is 3.39. The van der Waals surface area contributed by atoms with Crippen LogP contribution >= 0.6 is 27.3 Å². The average molecular weight is 317 g/mol. The van der Waals surface area contributed by atoms with Crippen LogP contribution < -0.4 is 5.32 Å². The molecule has 2 heterocycles. The second-order valence-electron chi connectivity index (χ2n) is 3.31. The van der Waals surface area contributed by atoms with Crippen LogP contribution in [-0.4, -0.2) is 4.92 Å². The van der Waals surface area contributed by atoms with Gasteiger partial charge in [-0.2, -0.15) is 0 Å². The van der Waals surface area contributed by atoms with Crippen molar-refractivity contribution < 1.29 is 9.34 Å². The number of nitrogens with one attached hydrogen (secondary N) is 1. The fourth-order valence-electron chi connectivity index (χ4n) is 1.32. The first kappa shape index (κ1) is 12.3. The highest BCUT2D eigenvalue weighted by Crippen LogP contribution is 2.22. The van der Waals surface area contributed by atoms with E-state index < -0.39 is 4.92 Å². The van der Waals surface area contributed by atoms with Gasteiger partial charge < -0.3 is 9.73 Å². The lowest BCUT2D eigenvalue weighted by Crippen LogP contribution is -2.10. The molecule has 0 unspecified atom stereocenters. The van der Waals surface area contributed by atoms with Crippen molar-refractivity contribution in [3.63, 3.8) is 0 Å². The summed E-state index contributed by atoms with van der Waals surface area (Å²) in [7, 11) is 0. The maximum absolute atomic E-state index is 10.4. The average Bonchev–Trinajstić information content (AvgIpc) is 2.88. The molecular weight excluding hydrogens is 308 g/mol. The van der Waals surface area contributed by atoms with Gasteiger partial charge in [-0.05, 0) is 34.1 Å². The Balaban J connectivity index is 1.83. The first-order valence-electron chi connectivity index (χ1n) is 4.83. The first-order valence-corrected chi connectivity index (χ1v) is 6.44. The minimum absolute atomic E-state index is 0.222. The Morgan fingerprint density at radius 2 is 2.18 bits per heavy atom. The number of hydrogen-bond donors (Lipinski definition) is 1. The molecule has 0 aromatic carbocycles. The minimum Gasteiger partial charge on any atom is -0.404 e. The van der Waals surface area contributed by atoms with E-state index in [0.717, 1.165) is 3.79 Å². The van der Waals surface area contributed by atoms with Crippen LogP contribution in [0.2, 0.25) is 0 Å². The summed E-state index contributed by atoms with van der Waals surface area (Å²) in [6.07, 6.45) is 0. The van der Waals surface area contributed by atoms with Gasteiger partial charge in [-0.25, -0.2) is 0 Å². The summed E-state index contributed by atoms with van der Waals surface area (Å²) in [6, 6.07) is 6.97. The molecule has 2 aromatic heterocycles. The molecule has 0 fully saturated rings. The van der Waals surface area contributed by atoms with E-state index in [4.69, 9.17) is 4.42 Å². The van der Waals surface area contributed by atoms with Gasteiger partial charge >= 0.3 is 5.88 Å². The van der Waals surface area contributed by atoms with Crippen molar-refractivity contribution in [3.8, 4) is 0 Å². The Kier molecular flexibility index (Phi) is 3.93. The van der Waals surface area contributed by atoms with Gasteiger partial charge in [0, 0.05) is 11.4 Å². The van der Waals surface area contributed by atoms with E-state index in [1.807, 2.05) is 12.1 Å². The molecule has 7 heteroatoms. The number of thiophene rings is 1. The van der Waals surface area contributed by atoms with Crippen molar-refractivity contribution in [2.75, 3.05) is 0 Å². The second-order valence-corrected chi connectivity index (χ2v) is 5.85. The second kappa shape index (κ2) is 5.44. The first-order chi connectivity index (χ1) is 8.15. The summed E-state index contributed by atoms with van der Waals surface area (Å²) in [4.78, 5) is 11.1. The Morgan fingerprint density at radius 3 is 2.76 bits per heavy atom. The standard InChI is InChI=1S/C10H9BrN2O3S/c11-9-3-2-8(17-9)6-12-5-7-1-4-10(16-7)13(14)15/h1-4,12H,5-6H2. The predicted molar refractivity (Wildman–Crippen MR) is 67.9 cm³/mol. The van der Waals surface area contributed by atoms with Crippen LogP contribution in [0.3, 0.4) is 0 Å². The highest BCUT2D eigenvalue weighted by Gasteiger charge is 2.11. The molecule has 2 rings (SSSR count). The van der Waals surface area contributed by atoms with Crippen LogP contribution in [0.4, 0.5) is 5.88 Å². The van der Waals surface area contributed by atoms with Gasteiger partial charge in [-0.3, -0.25) is 10.1 Å². The molecule has 1 N–H and O–H groups in total. The van der Waals surface area contributed by atoms with Crippen LogP contribution in [0, 0.1) is 10.1 Å². The van der Waals surface area contributed by atoms with Crippen molar-refractivity contribution in [2.24, 2.45) is 0 Å². The van der Waals surface area contributed by atoms with Gasteiger partial charge in [0.1, 0.15) is 10.7 Å². The van der Waals surface area contributed by atoms with Crippen LogP contribution in [0.5, 0.6) is 0 Å². The minimum atomic E-state index is -0.542. The lowest BCUT2D eigenvalue weighted by Gasteiger charge is -1.99. The molecule has 0 aliphatic heterocycles. The smallest absolute Gasteiger partial charge is 0.404 e. The van der Waals surface area contributed by atoms with Crippen molar-refractivity contribution in [1.82, 2.24) is 5.32 Å². The maximum atomic E-state index is 10.4. The zero-order valence-corrected chi connectivity index (χ0v) is 11.1. The highest BCUT2D eigenvalue weighted by molar-refractivity contribution is 9.11. The summed E-state index contributed by atoms with van der Waals surface area (Å²) in [5.74, 6) is 0.341. The van der Waals surface area contributed by atoms with E-state index in [1.54, 1.807) is 17.4 Å². The summed E-state index contributed by atoms with van der Waals surface area (Å²) in [5, 5.41) is 13.6. The number of nitrogens with zero attached hydrogens (tertiary/aromatic N) is 1. The predicted octanol–water partition coefficient (Wildman–Crippen LogP) is 3.30. The Morgan fingerprint density at radius 1 is 1.35 bits per heavy atom. The molecular formula is C10H9BrN2O3S. The van der Waals surface area contributed by atoms with Crippen molar-refractivity contribution in [2.45, 2.75) is 13.1 Å². The Hall–Kier alpha value is -1.18. The molecule has 0 saturated heterocycles. The third-order valence-corrected chi connectivity index (χ3v) is 3.68. The van der Waals surface area contributed by atoms with E-state index in [-0.39, 0.29) is 5.88 Å². The molecule has 0 aliphatic carbocycles. The van der Waals surface area contributed by atoms with Crippen molar-refractivity contribution >= 4 is 33.2 Å². The Bertz CT molecular complexity index is 523. The van der Waals surface area contributed by atoms with Gasteiger partial charge in [0.05, 0.1) is 16.4 Å². The van der Waals surface area contributed by atoms with Crippen LogP contribution in [0.15, 0.2) is 32.5 Å². The number of nitro groups is 1. The molecule has 90 valence electrons. The molecule has 0 aliphatic rings. The number of halogens is 1. The number of hydrogen-bond acceptors (Lipinski definition) is 5. The van der Waals surface area contributed by atoms with Gasteiger partial charge in [-0.15, -0.1) is 11.3 Å². The monoisotopic (exact) mass is 316 g/mol. The van der Waals surface area contributed by atoms with Gasteiger partial charge in [0.2, 0.25) is 0 Å². The number of rotatable bonds is 5. The number of furan rings is 1. The fraction of sp³-hybridized carbons (Fsp3) is 0.200. The van der Waals surface area contributed by atoms with Crippen LogP contribution in [-0.2, 0) is 13.1 Å². The molecule has 0 atom stereocenters. The van der Waals surface area contributed by atoms with Crippen molar-refractivity contribution in [3.05, 3.63) is 48.8 Å². The molecule has 17 heavy (non-hydrogen) atoms. The van der Waals surface area contributed by atoms with E-state index in [1.165, 1.54) is 10.9 Å². The van der Waals surface area contributed by atoms with E-state index >= 15 is 0 Å². The quantitative estimate of drug-likeness (QED) is 0.678. The zero-order valence-electron chi connectivity index (χ0n) is 8.68. The molecule has 0 radical (unpaired) electrons. The molecule has 2 aromatic rings. The topological polar surface area (TPSA) is 68.3 Å². The van der Waals surface area contributed by atoms with E-state index in [0.29, 0.717) is 18.8 Å². The molecule has 5 nitrogen and oxygen atoms in total. The molecule has 0 spiro atoms. The SMILES string of the molecule is O=[N+]([O-])c1ccc(CNCc2ccc(Br)s2)o1. The maximum Gasteiger partial charge on any atom is 0.433 e. The summed E-state index contributed by atoms with van der Waals surface area (Å²) in [6.45, 7) is 1.19. The van der Waals surface area contributed by atoms with Crippen LogP contribution in [0.25, 0.3) is 0 Å². The summed E-state index contributed by atoms with van der Waals surface area (Å²) >= 11 is 5.03. The lowest BCUT2D eigenvalue weighted by atomic mass is 10.4. The van der Waals surface area contributed by atoms with Crippen molar-refractivity contribution in [1.29, 1.82) is 0 Å². The normalized spacial score (nSPS) is 10.6. The van der Waals surface area contributed by atoms with E-state index in [9.17, 15) is 10.1 Å². The Labute approximate surface area is 110 Å². The van der Waals surface area contributed by atoms with Gasteiger partial charge in [-0.1, -0.05) is 0 Å². The molecule has 0 bridgehead atoms. The lowest BCUT2D eigenvalue weighted by molar-refractivity contribution is -0.402. The largest absolute Gasteiger partial charge is 0.433 e. The third-order valence-electron chi connectivity index (χ3n) is 2.05. The van der Waals surface area contributed by atoms with Gasteiger partial charge in [0.15, 0.2) is 0 Å². The summed E-state index contributed by atoms with van der Waals surface area (Å²) in [5.41, 5.74) is 0. The summed E-state index contributed by atoms with van der Waals surface area (Å²) < 4.78 is 6.11. The van der Waals surface area contributed by atoms with Crippen LogP contribution in [0.1, 0.15) is 10.6 Å². The van der Waals surface area contributed by atoms with E-state index in [2.05, 4.69) is 21.2 Å². The zero-order chi connectivity index (χ0) is 12.3. The van der Waals surface area contributed by atoms with Gasteiger partial charge in [0.25, 0.3) is 0 Å². The fourth-order valence-corrected chi connectivity index (χ4v) is 2.77. The highest BCUT2D eigenvalue weighted by atomic mass is 79.9.